The molecule has 0 bridgehead atoms. The molecule has 4 nitrogen and oxygen atoms in total. The van der Waals surface area contributed by atoms with E-state index in [1.807, 2.05) is 25.1 Å². The molecule has 1 amide bonds. The molecule has 2 rings (SSSR count). The number of halogens is 1. The highest BCUT2D eigenvalue weighted by Gasteiger charge is 2.22. The van der Waals surface area contributed by atoms with Gasteiger partial charge in [0.2, 0.25) is 0 Å². The Hall–Kier alpha value is -0.910. The van der Waals surface area contributed by atoms with Gasteiger partial charge in [0.1, 0.15) is 6.10 Å². The van der Waals surface area contributed by atoms with Gasteiger partial charge in [0.25, 0.3) is 5.91 Å². The first-order valence-electron chi connectivity index (χ1n) is 5.57. The molecule has 1 aliphatic rings. The van der Waals surface area contributed by atoms with Crippen molar-refractivity contribution in [1.29, 1.82) is 0 Å². The van der Waals surface area contributed by atoms with E-state index in [0.717, 1.165) is 22.3 Å². The molecule has 0 spiro atoms. The molecule has 1 aliphatic heterocycles. The van der Waals surface area contributed by atoms with Crippen molar-refractivity contribution in [2.24, 2.45) is 0 Å². The van der Waals surface area contributed by atoms with Crippen molar-refractivity contribution in [3.05, 3.63) is 28.2 Å². The fourth-order valence-corrected chi connectivity index (χ4v) is 2.05. The van der Waals surface area contributed by atoms with Crippen molar-refractivity contribution in [2.75, 3.05) is 25.0 Å². The van der Waals surface area contributed by atoms with Gasteiger partial charge in [-0.05, 0) is 34.5 Å². The lowest BCUT2D eigenvalue weighted by Gasteiger charge is -2.23. The van der Waals surface area contributed by atoms with Crippen molar-refractivity contribution in [1.82, 2.24) is 5.32 Å². The summed E-state index contributed by atoms with van der Waals surface area (Å²) >= 11 is 3.46. The number of aryl methyl sites for hydroxylation is 1. The van der Waals surface area contributed by atoms with Gasteiger partial charge in [-0.15, -0.1) is 0 Å². The van der Waals surface area contributed by atoms with E-state index in [4.69, 9.17) is 4.74 Å². The van der Waals surface area contributed by atoms with Crippen LogP contribution in [0.25, 0.3) is 0 Å². The van der Waals surface area contributed by atoms with Crippen LogP contribution in [0.15, 0.2) is 22.7 Å². The van der Waals surface area contributed by atoms with Crippen LogP contribution >= 0.6 is 15.9 Å². The van der Waals surface area contributed by atoms with Crippen molar-refractivity contribution >= 4 is 27.5 Å². The summed E-state index contributed by atoms with van der Waals surface area (Å²) in [7, 11) is 0. The van der Waals surface area contributed by atoms with Crippen molar-refractivity contribution in [3.63, 3.8) is 0 Å². The number of carbonyl (C=O) groups excluding carboxylic acids is 1. The van der Waals surface area contributed by atoms with Crippen LogP contribution in [0, 0.1) is 6.92 Å². The van der Waals surface area contributed by atoms with Crippen molar-refractivity contribution in [3.8, 4) is 0 Å². The highest BCUT2D eigenvalue weighted by molar-refractivity contribution is 9.10. The van der Waals surface area contributed by atoms with Crippen molar-refractivity contribution in [2.45, 2.75) is 13.0 Å². The third kappa shape index (κ3) is 3.06. The lowest BCUT2D eigenvalue weighted by molar-refractivity contribution is -0.128. The molecular weight excluding hydrogens is 284 g/mol. The third-order valence-corrected chi connectivity index (χ3v) is 3.72. The highest BCUT2D eigenvalue weighted by Crippen LogP contribution is 2.25. The molecular formula is C12H15BrN2O2. The maximum atomic E-state index is 11.9. The van der Waals surface area contributed by atoms with Crippen molar-refractivity contribution < 1.29 is 9.53 Å². The second-order valence-corrected chi connectivity index (χ2v) is 4.78. The van der Waals surface area contributed by atoms with Crippen LogP contribution < -0.4 is 10.6 Å². The first kappa shape index (κ1) is 12.5. The van der Waals surface area contributed by atoms with E-state index in [0.29, 0.717) is 13.2 Å². The number of anilines is 1. The SMILES string of the molecule is Cc1cccc(NC(=O)C2CNCCO2)c1Br. The first-order valence-corrected chi connectivity index (χ1v) is 6.36. The molecule has 1 heterocycles. The Balaban J connectivity index is 2.04. The van der Waals surface area contributed by atoms with Gasteiger partial charge >= 0.3 is 0 Å². The molecule has 0 aliphatic carbocycles. The number of morpholine rings is 1. The summed E-state index contributed by atoms with van der Waals surface area (Å²) in [6.07, 6.45) is -0.406. The highest BCUT2D eigenvalue weighted by atomic mass is 79.9. The first-order chi connectivity index (χ1) is 8.18. The number of hydrogen-bond acceptors (Lipinski definition) is 3. The summed E-state index contributed by atoms with van der Waals surface area (Å²) in [4.78, 5) is 11.9. The Bertz CT molecular complexity index is 417. The smallest absolute Gasteiger partial charge is 0.254 e. The number of benzene rings is 1. The third-order valence-electron chi connectivity index (χ3n) is 2.67. The van der Waals surface area contributed by atoms with Gasteiger partial charge in [-0.2, -0.15) is 0 Å². The minimum atomic E-state index is -0.406. The van der Waals surface area contributed by atoms with Crippen LogP contribution in [0.2, 0.25) is 0 Å². The number of rotatable bonds is 2. The molecule has 1 unspecified atom stereocenters. The minimum Gasteiger partial charge on any atom is -0.366 e. The quantitative estimate of drug-likeness (QED) is 0.873. The molecule has 5 heteroatoms. The Kier molecular flexibility index (Phi) is 4.15. The molecule has 1 fully saturated rings. The fraction of sp³-hybridized carbons (Fsp3) is 0.417. The van der Waals surface area contributed by atoms with Crippen LogP contribution in [-0.4, -0.2) is 31.7 Å². The summed E-state index contributed by atoms with van der Waals surface area (Å²) in [5.74, 6) is -0.108. The van der Waals surface area contributed by atoms with Gasteiger partial charge in [-0.1, -0.05) is 12.1 Å². The van der Waals surface area contributed by atoms with Crippen LogP contribution in [0.3, 0.4) is 0 Å². The summed E-state index contributed by atoms with van der Waals surface area (Å²) in [6, 6.07) is 5.76. The van der Waals surface area contributed by atoms with E-state index >= 15 is 0 Å². The van der Waals surface area contributed by atoms with Gasteiger partial charge < -0.3 is 15.4 Å². The topological polar surface area (TPSA) is 50.4 Å². The maximum absolute atomic E-state index is 11.9. The van der Waals surface area contributed by atoms with E-state index in [1.54, 1.807) is 0 Å². The lowest BCUT2D eigenvalue weighted by atomic mass is 10.2. The molecule has 92 valence electrons. The predicted octanol–water partition coefficient (Wildman–Crippen LogP) is 1.68. The van der Waals surface area contributed by atoms with Gasteiger partial charge in [0.15, 0.2) is 0 Å². The standard InChI is InChI=1S/C12H15BrN2O2/c1-8-3-2-4-9(11(8)13)15-12(16)10-7-14-5-6-17-10/h2-4,10,14H,5-7H2,1H3,(H,15,16). The predicted molar refractivity (Wildman–Crippen MR) is 70.1 cm³/mol. The van der Waals surface area contributed by atoms with E-state index in [1.165, 1.54) is 0 Å². The van der Waals surface area contributed by atoms with Crippen LogP contribution in [0.5, 0.6) is 0 Å². The molecule has 1 aromatic carbocycles. The summed E-state index contributed by atoms with van der Waals surface area (Å²) in [5.41, 5.74) is 1.87. The lowest BCUT2D eigenvalue weighted by Crippen LogP contribution is -2.45. The average molecular weight is 299 g/mol. The number of nitrogens with one attached hydrogen (secondary N) is 2. The Morgan fingerprint density at radius 2 is 2.41 bits per heavy atom. The molecule has 0 aromatic heterocycles. The zero-order valence-electron chi connectivity index (χ0n) is 9.63. The largest absolute Gasteiger partial charge is 0.366 e. The zero-order valence-corrected chi connectivity index (χ0v) is 11.2. The average Bonchev–Trinajstić information content (AvgIpc) is 2.36. The number of ether oxygens (including phenoxy) is 1. The van der Waals surface area contributed by atoms with Gasteiger partial charge in [-0.3, -0.25) is 4.79 Å². The Morgan fingerprint density at radius 1 is 1.59 bits per heavy atom. The molecule has 1 atom stereocenters. The molecule has 1 aromatic rings. The molecule has 0 saturated carbocycles. The number of amides is 1. The molecule has 1 saturated heterocycles. The Morgan fingerprint density at radius 3 is 3.12 bits per heavy atom. The van der Waals surface area contributed by atoms with Gasteiger partial charge in [0, 0.05) is 17.6 Å². The Labute approximate surface area is 109 Å². The summed E-state index contributed by atoms with van der Waals surface area (Å²) in [6.45, 7) is 3.93. The van der Waals surface area contributed by atoms with Gasteiger partial charge in [0.05, 0.1) is 12.3 Å². The van der Waals surface area contributed by atoms with Gasteiger partial charge in [-0.25, -0.2) is 0 Å². The monoisotopic (exact) mass is 298 g/mol. The number of carbonyl (C=O) groups is 1. The summed E-state index contributed by atoms with van der Waals surface area (Å²) in [5, 5.41) is 6.00. The summed E-state index contributed by atoms with van der Waals surface area (Å²) < 4.78 is 6.31. The second kappa shape index (κ2) is 5.62. The molecule has 17 heavy (non-hydrogen) atoms. The fourth-order valence-electron chi connectivity index (χ4n) is 1.69. The normalized spacial score (nSPS) is 20.0. The van der Waals surface area contributed by atoms with Crippen LogP contribution in [0.1, 0.15) is 5.56 Å². The molecule has 0 radical (unpaired) electrons. The molecule has 2 N–H and O–H groups in total. The van der Waals surface area contributed by atoms with E-state index in [2.05, 4.69) is 26.6 Å². The second-order valence-electron chi connectivity index (χ2n) is 3.99. The minimum absolute atomic E-state index is 0.108. The van der Waals surface area contributed by atoms with E-state index < -0.39 is 6.10 Å². The van der Waals surface area contributed by atoms with Crippen LogP contribution in [0.4, 0.5) is 5.69 Å². The van der Waals surface area contributed by atoms with E-state index in [9.17, 15) is 4.79 Å². The zero-order chi connectivity index (χ0) is 12.3. The van der Waals surface area contributed by atoms with Crippen LogP contribution in [-0.2, 0) is 9.53 Å². The number of hydrogen-bond donors (Lipinski definition) is 2. The maximum Gasteiger partial charge on any atom is 0.254 e. The van der Waals surface area contributed by atoms with E-state index in [-0.39, 0.29) is 5.91 Å².